The lowest BCUT2D eigenvalue weighted by Crippen LogP contribution is -2.33. The maximum Gasteiger partial charge on any atom is 0.251 e. The lowest BCUT2D eigenvalue weighted by Gasteiger charge is -2.15. The van der Waals surface area contributed by atoms with Gasteiger partial charge in [-0.1, -0.05) is 48.7 Å². The smallest absolute Gasteiger partial charge is 0.251 e. The van der Waals surface area contributed by atoms with E-state index in [0.29, 0.717) is 0 Å². The summed E-state index contributed by atoms with van der Waals surface area (Å²) in [5.41, 5.74) is 1.75. The first-order valence-electron chi connectivity index (χ1n) is 6.97. The van der Waals surface area contributed by atoms with Gasteiger partial charge < -0.3 is 5.32 Å². The number of hydrogen-bond donors (Lipinski definition) is 1. The zero-order valence-electron chi connectivity index (χ0n) is 12.3. The second-order valence-electron chi connectivity index (χ2n) is 5.61. The van der Waals surface area contributed by atoms with Gasteiger partial charge in [-0.3, -0.25) is 4.79 Å². The van der Waals surface area contributed by atoms with E-state index in [9.17, 15) is 4.79 Å². The molecule has 0 aliphatic carbocycles. The predicted molar refractivity (Wildman–Crippen MR) is 84.5 cm³/mol. The van der Waals surface area contributed by atoms with Gasteiger partial charge in [0.05, 0.1) is 0 Å². The molecule has 0 aliphatic rings. The van der Waals surface area contributed by atoms with Crippen molar-refractivity contribution in [3.05, 3.63) is 33.8 Å². The van der Waals surface area contributed by atoms with Crippen LogP contribution in [0.3, 0.4) is 0 Å². The molecule has 1 atom stereocenters. The van der Waals surface area contributed by atoms with Crippen LogP contribution in [-0.4, -0.2) is 11.9 Å². The van der Waals surface area contributed by atoms with E-state index < -0.39 is 0 Å². The van der Waals surface area contributed by atoms with Crippen molar-refractivity contribution in [3.8, 4) is 0 Å². The molecule has 3 heteroatoms. The van der Waals surface area contributed by atoms with Crippen LogP contribution in [0.2, 0.25) is 0 Å². The Bertz CT molecular complexity index is 429. The number of hydrogen-bond acceptors (Lipinski definition) is 1. The van der Waals surface area contributed by atoms with E-state index in [1.54, 1.807) is 0 Å². The molecule has 0 saturated carbocycles. The summed E-state index contributed by atoms with van der Waals surface area (Å²) in [5, 5.41) is 3.08. The third-order valence-corrected chi connectivity index (χ3v) is 4.17. The molecule has 0 aliphatic heterocycles. The van der Waals surface area contributed by atoms with E-state index in [1.807, 2.05) is 25.1 Å². The molecule has 0 heterocycles. The van der Waals surface area contributed by atoms with E-state index in [4.69, 9.17) is 0 Å². The molecule has 19 heavy (non-hydrogen) atoms. The van der Waals surface area contributed by atoms with Crippen molar-refractivity contribution >= 4 is 21.8 Å². The Morgan fingerprint density at radius 1 is 1.26 bits per heavy atom. The maximum atomic E-state index is 12.2. The molecule has 0 saturated heterocycles. The highest BCUT2D eigenvalue weighted by Crippen LogP contribution is 2.19. The van der Waals surface area contributed by atoms with Gasteiger partial charge in [0.2, 0.25) is 0 Å². The quantitative estimate of drug-likeness (QED) is 0.806. The first-order chi connectivity index (χ1) is 8.91. The molecule has 106 valence electrons. The molecule has 0 radical (unpaired) electrons. The molecular weight excluding hydrogens is 302 g/mol. The minimum Gasteiger partial charge on any atom is -0.350 e. The summed E-state index contributed by atoms with van der Waals surface area (Å²) in [6.07, 6.45) is 3.42. The minimum atomic E-state index is 0.0239. The summed E-state index contributed by atoms with van der Waals surface area (Å²) in [5.74, 6) is 0.756. The molecule has 1 unspecified atom stereocenters. The van der Waals surface area contributed by atoms with E-state index in [0.717, 1.165) is 34.4 Å². The summed E-state index contributed by atoms with van der Waals surface area (Å²) >= 11 is 3.46. The Labute approximate surface area is 125 Å². The third kappa shape index (κ3) is 5.35. The van der Waals surface area contributed by atoms with Crippen molar-refractivity contribution < 1.29 is 4.79 Å². The zero-order chi connectivity index (χ0) is 14.4. The van der Waals surface area contributed by atoms with Gasteiger partial charge in [0, 0.05) is 16.1 Å². The maximum absolute atomic E-state index is 12.2. The summed E-state index contributed by atoms with van der Waals surface area (Å²) < 4.78 is 0.979. The van der Waals surface area contributed by atoms with Gasteiger partial charge in [-0.25, -0.2) is 0 Å². The highest BCUT2D eigenvalue weighted by atomic mass is 79.9. The fourth-order valence-electron chi connectivity index (χ4n) is 2.06. The Kier molecular flexibility index (Phi) is 6.56. The Hall–Kier alpha value is -0.830. The first kappa shape index (κ1) is 16.2. The van der Waals surface area contributed by atoms with Crippen molar-refractivity contribution in [2.24, 2.45) is 5.92 Å². The van der Waals surface area contributed by atoms with Crippen molar-refractivity contribution in [2.75, 3.05) is 0 Å². The largest absolute Gasteiger partial charge is 0.350 e. The highest BCUT2D eigenvalue weighted by Gasteiger charge is 2.13. The molecule has 1 rings (SSSR count). The predicted octanol–water partition coefficient (Wildman–Crippen LogP) is 4.70. The van der Waals surface area contributed by atoms with Crippen molar-refractivity contribution in [1.29, 1.82) is 0 Å². The van der Waals surface area contributed by atoms with Crippen LogP contribution in [0, 0.1) is 12.8 Å². The van der Waals surface area contributed by atoms with Crippen molar-refractivity contribution in [1.82, 2.24) is 5.32 Å². The van der Waals surface area contributed by atoms with Crippen molar-refractivity contribution in [3.63, 3.8) is 0 Å². The average molecular weight is 326 g/mol. The first-order valence-corrected chi connectivity index (χ1v) is 7.77. The van der Waals surface area contributed by atoms with Gasteiger partial charge in [0.25, 0.3) is 5.91 Å². The third-order valence-electron chi connectivity index (χ3n) is 3.31. The van der Waals surface area contributed by atoms with Crippen molar-refractivity contribution in [2.45, 2.75) is 53.0 Å². The average Bonchev–Trinajstić information content (AvgIpc) is 2.31. The molecule has 2 nitrogen and oxygen atoms in total. The van der Waals surface area contributed by atoms with Crippen LogP contribution in [0.4, 0.5) is 0 Å². The number of nitrogens with one attached hydrogen (secondary N) is 1. The lowest BCUT2D eigenvalue weighted by molar-refractivity contribution is 0.0937. The zero-order valence-corrected chi connectivity index (χ0v) is 13.9. The highest BCUT2D eigenvalue weighted by molar-refractivity contribution is 9.10. The summed E-state index contributed by atoms with van der Waals surface area (Å²) in [6, 6.07) is 5.95. The molecule has 0 bridgehead atoms. The van der Waals surface area contributed by atoms with Gasteiger partial charge in [-0.2, -0.15) is 0 Å². The van der Waals surface area contributed by atoms with Crippen LogP contribution in [0.25, 0.3) is 0 Å². The number of rotatable bonds is 6. The Morgan fingerprint density at radius 3 is 2.58 bits per heavy atom. The Balaban J connectivity index is 2.52. The van der Waals surface area contributed by atoms with Crippen LogP contribution in [0.5, 0.6) is 0 Å². The molecule has 1 aromatic rings. The Morgan fingerprint density at radius 2 is 1.95 bits per heavy atom. The summed E-state index contributed by atoms with van der Waals surface area (Å²) in [7, 11) is 0. The molecular formula is C16H24BrNO. The van der Waals surface area contributed by atoms with E-state index >= 15 is 0 Å². The van der Waals surface area contributed by atoms with Crippen LogP contribution < -0.4 is 5.32 Å². The van der Waals surface area contributed by atoms with Crippen LogP contribution in [-0.2, 0) is 0 Å². The monoisotopic (exact) mass is 325 g/mol. The summed E-state index contributed by atoms with van der Waals surface area (Å²) in [4.78, 5) is 12.2. The molecule has 1 N–H and O–H groups in total. The minimum absolute atomic E-state index is 0.0239. The molecule has 1 aromatic carbocycles. The topological polar surface area (TPSA) is 29.1 Å². The van der Waals surface area contributed by atoms with Gasteiger partial charge in [0.15, 0.2) is 0 Å². The number of amides is 1. The molecule has 1 amide bonds. The van der Waals surface area contributed by atoms with E-state index in [2.05, 4.69) is 42.0 Å². The fraction of sp³-hybridized carbons (Fsp3) is 0.562. The van der Waals surface area contributed by atoms with Crippen LogP contribution in [0.15, 0.2) is 22.7 Å². The van der Waals surface area contributed by atoms with Gasteiger partial charge in [-0.15, -0.1) is 0 Å². The second-order valence-corrected chi connectivity index (χ2v) is 6.47. The van der Waals surface area contributed by atoms with Gasteiger partial charge in [0.1, 0.15) is 0 Å². The van der Waals surface area contributed by atoms with E-state index in [-0.39, 0.29) is 11.9 Å². The van der Waals surface area contributed by atoms with Crippen LogP contribution >= 0.6 is 15.9 Å². The second kappa shape index (κ2) is 7.68. The number of halogens is 1. The standard InChI is InChI=1S/C16H24BrNO/c1-11(2)7-5-8-12(3)18-16(19)14-9-6-10-15(17)13(14)4/h6,9-12H,5,7-8H2,1-4H3,(H,18,19). The number of benzene rings is 1. The normalized spacial score (nSPS) is 12.5. The molecule has 0 aromatic heterocycles. The van der Waals surface area contributed by atoms with Gasteiger partial charge >= 0.3 is 0 Å². The lowest BCUT2D eigenvalue weighted by atomic mass is 10.0. The SMILES string of the molecule is Cc1c(Br)cccc1C(=O)NC(C)CCCC(C)C. The van der Waals surface area contributed by atoms with Crippen LogP contribution in [0.1, 0.15) is 56.0 Å². The summed E-state index contributed by atoms with van der Waals surface area (Å²) in [6.45, 7) is 8.50. The fourth-order valence-corrected chi connectivity index (χ4v) is 2.43. The number of carbonyl (C=O) groups is 1. The number of carbonyl (C=O) groups excluding carboxylic acids is 1. The molecule has 0 fully saturated rings. The molecule has 0 spiro atoms. The van der Waals surface area contributed by atoms with Gasteiger partial charge in [-0.05, 0) is 43.9 Å². The van der Waals surface area contributed by atoms with E-state index in [1.165, 1.54) is 6.42 Å².